The molecule has 12 heteroatoms. The average molecular weight is 611 g/mol. The molecule has 1 aromatic carbocycles. The summed E-state index contributed by atoms with van der Waals surface area (Å²) >= 11 is 1.56. The van der Waals surface area contributed by atoms with Gasteiger partial charge in [0.25, 0.3) is 5.91 Å². The number of carbonyl (C=O) groups excluding carboxylic acids is 3. The van der Waals surface area contributed by atoms with Crippen molar-refractivity contribution in [2.24, 2.45) is 0 Å². The fraction of sp³-hybridized carbons (Fsp3) is 0.452. The van der Waals surface area contributed by atoms with Gasteiger partial charge in [-0.15, -0.1) is 11.3 Å². The Kier molecular flexibility index (Phi) is 10.4. The second-order valence-corrected chi connectivity index (χ2v) is 13.7. The lowest BCUT2D eigenvalue weighted by Gasteiger charge is -2.30. The molecule has 0 aliphatic heterocycles. The standard InChI is InChI=1S/C31H42N6O5S/c1-29(2,3)41-27(39)35-22-13-12-20(24-11-10-16-43-24)17-23(22)34-25(38)21-18-32-26(33-19-21)36-31(7,8)14-15-37(9)28(40)42-30(4,5)6/h10-13,16-19H,14-15H2,1-9H3,(H,34,38)(H,35,39)(H,32,33,36). The molecule has 3 N–H and O–H groups in total. The molecule has 0 atom stereocenters. The zero-order chi connectivity index (χ0) is 32.0. The molecule has 0 radical (unpaired) electrons. The number of hydrogen-bond acceptors (Lipinski definition) is 9. The Bertz CT molecular complexity index is 1410. The van der Waals surface area contributed by atoms with Crippen molar-refractivity contribution in [2.45, 2.75) is 78.6 Å². The molecule has 0 spiro atoms. The highest BCUT2D eigenvalue weighted by atomic mass is 32.1. The van der Waals surface area contributed by atoms with Gasteiger partial charge in [-0.25, -0.2) is 19.6 Å². The van der Waals surface area contributed by atoms with E-state index in [1.807, 2.05) is 58.2 Å². The van der Waals surface area contributed by atoms with Crippen molar-refractivity contribution in [3.8, 4) is 10.4 Å². The minimum absolute atomic E-state index is 0.234. The van der Waals surface area contributed by atoms with E-state index in [0.29, 0.717) is 30.3 Å². The number of amides is 3. The number of benzene rings is 1. The number of rotatable bonds is 9. The van der Waals surface area contributed by atoms with Crippen molar-refractivity contribution in [1.82, 2.24) is 14.9 Å². The van der Waals surface area contributed by atoms with Crippen molar-refractivity contribution in [3.05, 3.63) is 53.7 Å². The van der Waals surface area contributed by atoms with Gasteiger partial charge >= 0.3 is 12.2 Å². The Morgan fingerprint density at radius 2 is 1.53 bits per heavy atom. The molecular weight excluding hydrogens is 568 g/mol. The number of ether oxygens (including phenoxy) is 2. The molecule has 3 amide bonds. The lowest BCUT2D eigenvalue weighted by atomic mass is 10.0. The molecule has 0 aliphatic carbocycles. The van der Waals surface area contributed by atoms with E-state index in [2.05, 4.69) is 25.9 Å². The van der Waals surface area contributed by atoms with Crippen LogP contribution in [0.15, 0.2) is 48.1 Å². The van der Waals surface area contributed by atoms with E-state index in [0.717, 1.165) is 10.4 Å². The van der Waals surface area contributed by atoms with Crippen LogP contribution in [0.4, 0.5) is 26.9 Å². The number of nitrogens with one attached hydrogen (secondary N) is 3. The van der Waals surface area contributed by atoms with Crippen molar-refractivity contribution >= 4 is 46.8 Å². The van der Waals surface area contributed by atoms with Crippen LogP contribution in [0.1, 0.15) is 72.2 Å². The Morgan fingerprint density at radius 1 is 0.884 bits per heavy atom. The molecule has 3 rings (SSSR count). The Morgan fingerprint density at radius 3 is 2.12 bits per heavy atom. The van der Waals surface area contributed by atoms with E-state index < -0.39 is 28.7 Å². The minimum Gasteiger partial charge on any atom is -0.444 e. The van der Waals surface area contributed by atoms with Crippen LogP contribution in [0.2, 0.25) is 0 Å². The van der Waals surface area contributed by atoms with Crippen molar-refractivity contribution in [2.75, 3.05) is 29.5 Å². The van der Waals surface area contributed by atoms with E-state index in [9.17, 15) is 14.4 Å². The third-order valence-corrected chi connectivity index (χ3v) is 6.77. The van der Waals surface area contributed by atoms with E-state index in [1.54, 1.807) is 51.3 Å². The molecule has 0 bridgehead atoms. The van der Waals surface area contributed by atoms with Gasteiger partial charge in [0.2, 0.25) is 5.95 Å². The second-order valence-electron chi connectivity index (χ2n) is 12.8. The molecule has 11 nitrogen and oxygen atoms in total. The van der Waals surface area contributed by atoms with Gasteiger partial charge in [0, 0.05) is 36.4 Å². The van der Waals surface area contributed by atoms with Gasteiger partial charge in [-0.1, -0.05) is 12.1 Å². The van der Waals surface area contributed by atoms with E-state index >= 15 is 0 Å². The molecule has 2 aromatic heterocycles. The summed E-state index contributed by atoms with van der Waals surface area (Å²) in [5.74, 6) is -0.103. The first-order chi connectivity index (χ1) is 19.9. The maximum absolute atomic E-state index is 13.2. The molecule has 0 saturated carbocycles. The molecule has 232 valence electrons. The summed E-state index contributed by atoms with van der Waals surface area (Å²) in [5.41, 5.74) is 0.210. The fourth-order valence-corrected chi connectivity index (χ4v) is 4.44. The molecule has 3 aromatic rings. The van der Waals surface area contributed by atoms with Gasteiger partial charge in [-0.2, -0.15) is 0 Å². The van der Waals surface area contributed by atoms with Crippen LogP contribution in [0.5, 0.6) is 0 Å². The number of thiophene rings is 1. The van der Waals surface area contributed by atoms with Gasteiger partial charge in [0.1, 0.15) is 11.2 Å². The zero-order valence-corrected chi connectivity index (χ0v) is 27.1. The van der Waals surface area contributed by atoms with Crippen LogP contribution < -0.4 is 16.0 Å². The quantitative estimate of drug-likeness (QED) is 0.231. The highest BCUT2D eigenvalue weighted by Crippen LogP contribution is 2.32. The van der Waals surface area contributed by atoms with Crippen molar-refractivity contribution in [3.63, 3.8) is 0 Å². The Balaban J connectivity index is 1.69. The average Bonchev–Trinajstić information content (AvgIpc) is 3.41. The van der Waals surface area contributed by atoms with E-state index in [4.69, 9.17) is 9.47 Å². The number of anilines is 3. The summed E-state index contributed by atoms with van der Waals surface area (Å²) in [5, 5.41) is 10.8. The van der Waals surface area contributed by atoms with Crippen LogP contribution in [0, 0.1) is 0 Å². The van der Waals surface area contributed by atoms with E-state index in [1.165, 1.54) is 17.3 Å². The number of aromatic nitrogens is 2. The van der Waals surface area contributed by atoms with Gasteiger partial charge < -0.3 is 25.0 Å². The maximum Gasteiger partial charge on any atom is 0.412 e. The van der Waals surface area contributed by atoms with Crippen LogP contribution in [0.25, 0.3) is 10.4 Å². The second kappa shape index (κ2) is 13.4. The Hall–Kier alpha value is -4.19. The van der Waals surface area contributed by atoms with Crippen LogP contribution in [-0.2, 0) is 9.47 Å². The van der Waals surface area contributed by atoms with Gasteiger partial charge in [0.05, 0.1) is 16.9 Å². The number of carbonyl (C=O) groups is 3. The molecule has 43 heavy (non-hydrogen) atoms. The summed E-state index contributed by atoms with van der Waals surface area (Å²) in [6.45, 7) is 15.2. The lowest BCUT2D eigenvalue weighted by Crippen LogP contribution is -2.39. The number of nitrogens with zero attached hydrogens (tertiary/aromatic N) is 3. The predicted molar refractivity (Wildman–Crippen MR) is 171 cm³/mol. The van der Waals surface area contributed by atoms with Crippen LogP contribution in [-0.4, -0.2) is 63.3 Å². The smallest absolute Gasteiger partial charge is 0.412 e. The minimum atomic E-state index is -0.680. The predicted octanol–water partition coefficient (Wildman–Crippen LogP) is 7.25. The molecular formula is C31H42N6O5S. The normalized spacial score (nSPS) is 11.8. The summed E-state index contributed by atoms with van der Waals surface area (Å²) in [7, 11) is 1.69. The third kappa shape index (κ3) is 10.9. The van der Waals surface area contributed by atoms with Gasteiger partial charge in [-0.3, -0.25) is 10.1 Å². The first-order valence-electron chi connectivity index (χ1n) is 13.9. The van der Waals surface area contributed by atoms with Gasteiger partial charge in [0.15, 0.2) is 0 Å². The summed E-state index contributed by atoms with van der Waals surface area (Å²) < 4.78 is 10.8. The highest BCUT2D eigenvalue weighted by Gasteiger charge is 2.24. The first kappa shape index (κ1) is 33.3. The molecule has 0 saturated heterocycles. The van der Waals surface area contributed by atoms with Crippen LogP contribution >= 0.6 is 11.3 Å². The van der Waals surface area contributed by atoms with Crippen LogP contribution in [0.3, 0.4) is 0 Å². The van der Waals surface area contributed by atoms with Crippen molar-refractivity contribution in [1.29, 1.82) is 0 Å². The summed E-state index contributed by atoms with van der Waals surface area (Å²) in [6, 6.07) is 9.30. The Labute approximate surface area is 257 Å². The number of hydrogen-bond donors (Lipinski definition) is 3. The largest absolute Gasteiger partial charge is 0.444 e. The molecule has 0 fully saturated rings. The molecule has 0 aliphatic rings. The summed E-state index contributed by atoms with van der Waals surface area (Å²) in [4.78, 5) is 49.2. The maximum atomic E-state index is 13.2. The summed E-state index contributed by atoms with van der Waals surface area (Å²) in [6.07, 6.45) is 2.43. The topological polar surface area (TPSA) is 135 Å². The van der Waals surface area contributed by atoms with Gasteiger partial charge in [-0.05, 0) is 91.0 Å². The molecule has 0 unspecified atom stereocenters. The third-order valence-electron chi connectivity index (χ3n) is 5.85. The SMILES string of the molecule is CN(CCC(C)(C)Nc1ncc(C(=O)Nc2cc(-c3cccs3)ccc2NC(=O)OC(C)(C)C)cn1)C(=O)OC(C)(C)C. The first-order valence-corrected chi connectivity index (χ1v) is 14.8. The molecule has 2 heterocycles. The fourth-order valence-electron chi connectivity index (χ4n) is 3.71. The lowest BCUT2D eigenvalue weighted by molar-refractivity contribution is 0.0291. The van der Waals surface area contributed by atoms with Crippen molar-refractivity contribution < 1.29 is 23.9 Å². The monoisotopic (exact) mass is 610 g/mol. The zero-order valence-electron chi connectivity index (χ0n) is 26.3. The van der Waals surface area contributed by atoms with E-state index in [-0.39, 0.29) is 11.7 Å². The highest BCUT2D eigenvalue weighted by molar-refractivity contribution is 7.13.